The van der Waals surface area contributed by atoms with Gasteiger partial charge in [-0.3, -0.25) is 30.3 Å². The third kappa shape index (κ3) is 15.2. The maximum absolute atomic E-state index is 11.7. The predicted molar refractivity (Wildman–Crippen MR) is 148 cm³/mol. The number of benzene rings is 3. The standard InChI is InChI=1S/3C9H7F2NO4/c3*10-8(11)5-16-9(13)6-1-3-7(4-2-6)12(14)15/h3*1-4,8H,5H2. The minimum atomic E-state index is -2.73. The van der Waals surface area contributed by atoms with Crippen molar-refractivity contribution in [2.75, 3.05) is 19.8 Å². The molecule has 3 aromatic carbocycles. The first-order valence-electron chi connectivity index (χ1n) is 12.6. The van der Waals surface area contributed by atoms with Gasteiger partial charge in [0.25, 0.3) is 36.3 Å². The van der Waals surface area contributed by atoms with E-state index >= 15 is 0 Å². The van der Waals surface area contributed by atoms with Crippen molar-refractivity contribution in [3.8, 4) is 0 Å². The van der Waals surface area contributed by atoms with Crippen molar-refractivity contribution >= 4 is 35.0 Å². The largest absolute Gasteiger partial charge is 0.456 e. The Hall–Kier alpha value is -6.15. The Bertz CT molecular complexity index is 1360. The van der Waals surface area contributed by atoms with Crippen molar-refractivity contribution in [1.82, 2.24) is 0 Å². The maximum Gasteiger partial charge on any atom is 0.338 e. The average molecular weight is 693 g/mol. The summed E-state index contributed by atoms with van der Waals surface area (Å²) in [4.78, 5) is 62.3. The Labute approximate surface area is 264 Å². The van der Waals surface area contributed by atoms with Crippen LogP contribution in [0.3, 0.4) is 0 Å². The van der Waals surface area contributed by atoms with Crippen molar-refractivity contribution in [3.63, 3.8) is 0 Å². The van der Waals surface area contributed by atoms with E-state index in [0.29, 0.717) is 0 Å². The minimum absolute atomic E-state index is 0.00810. The summed E-state index contributed by atoms with van der Waals surface area (Å²) in [6.45, 7) is -2.97. The van der Waals surface area contributed by atoms with Gasteiger partial charge in [-0.15, -0.1) is 0 Å². The number of non-ortho nitro benzene ring substituents is 3. The fourth-order valence-corrected chi connectivity index (χ4v) is 2.82. The van der Waals surface area contributed by atoms with Crippen molar-refractivity contribution in [3.05, 3.63) is 120 Å². The molecule has 0 fully saturated rings. The maximum atomic E-state index is 11.7. The number of nitrogens with zero attached hydrogens (tertiary/aromatic N) is 3. The third-order valence-electron chi connectivity index (χ3n) is 4.96. The number of rotatable bonds is 12. The number of hydrogen-bond donors (Lipinski definition) is 0. The number of ether oxygens (including phenoxy) is 3. The van der Waals surface area contributed by atoms with Gasteiger partial charge in [0.15, 0.2) is 19.8 Å². The molecule has 0 N–H and O–H groups in total. The first kappa shape index (κ1) is 39.9. The molecule has 0 bridgehead atoms. The van der Waals surface area contributed by atoms with Crippen LogP contribution in [0.4, 0.5) is 43.4 Å². The van der Waals surface area contributed by atoms with Crippen molar-refractivity contribution in [2.24, 2.45) is 0 Å². The second kappa shape index (κ2) is 20.1. The molecule has 0 unspecified atom stereocenters. The van der Waals surface area contributed by atoms with Gasteiger partial charge in [-0.05, 0) is 36.4 Å². The highest BCUT2D eigenvalue weighted by Gasteiger charge is 2.15. The van der Waals surface area contributed by atoms with Gasteiger partial charge in [-0.2, -0.15) is 0 Å². The van der Waals surface area contributed by atoms with Crippen LogP contribution in [0.1, 0.15) is 31.1 Å². The number of nitro groups is 3. The zero-order valence-corrected chi connectivity index (χ0v) is 23.8. The Morgan fingerprint density at radius 3 is 0.792 bits per heavy atom. The van der Waals surface area contributed by atoms with E-state index in [4.69, 9.17) is 0 Å². The molecule has 0 saturated heterocycles. The summed E-state index contributed by atoms with van der Waals surface area (Å²) < 4.78 is 83.0. The number of halogens is 6. The zero-order chi connectivity index (χ0) is 36.4. The first-order valence-corrected chi connectivity index (χ1v) is 12.6. The topological polar surface area (TPSA) is 208 Å². The van der Waals surface area contributed by atoms with Gasteiger partial charge in [0.1, 0.15) is 0 Å². The normalized spacial score (nSPS) is 10.2. The van der Waals surface area contributed by atoms with E-state index in [2.05, 4.69) is 14.2 Å². The molecule has 258 valence electrons. The molecule has 0 atom stereocenters. The molecule has 0 amide bonds. The number of nitro benzene ring substituents is 3. The molecular weight excluding hydrogens is 672 g/mol. The Morgan fingerprint density at radius 1 is 0.458 bits per heavy atom. The van der Waals surface area contributed by atoms with Gasteiger partial charge in [0.2, 0.25) is 0 Å². The summed E-state index contributed by atoms with van der Waals surface area (Å²) >= 11 is 0. The monoisotopic (exact) mass is 693 g/mol. The Morgan fingerprint density at radius 2 is 0.646 bits per heavy atom. The first-order chi connectivity index (χ1) is 22.5. The van der Waals surface area contributed by atoms with Crippen molar-refractivity contribution in [1.29, 1.82) is 0 Å². The van der Waals surface area contributed by atoms with Crippen LogP contribution in [0.5, 0.6) is 0 Å². The van der Waals surface area contributed by atoms with Crippen LogP contribution in [0.25, 0.3) is 0 Å². The van der Waals surface area contributed by atoms with E-state index < -0.39 is 71.8 Å². The lowest BCUT2D eigenvalue weighted by atomic mass is 10.2. The van der Waals surface area contributed by atoms with Crippen LogP contribution >= 0.6 is 0 Å². The van der Waals surface area contributed by atoms with E-state index in [9.17, 15) is 71.1 Å². The highest BCUT2D eigenvalue weighted by Crippen LogP contribution is 2.15. The van der Waals surface area contributed by atoms with Crippen LogP contribution in [-0.2, 0) is 14.2 Å². The molecule has 21 heteroatoms. The molecule has 3 rings (SSSR count). The van der Waals surface area contributed by atoms with Crippen LogP contribution in [0.15, 0.2) is 72.8 Å². The summed E-state index contributed by atoms with van der Waals surface area (Å²) in [7, 11) is 0. The lowest BCUT2D eigenvalue weighted by molar-refractivity contribution is -0.385. The Kier molecular flexibility index (Phi) is 16.7. The number of hydrogen-bond acceptors (Lipinski definition) is 12. The molecule has 0 heterocycles. The summed E-state index contributed by atoms with van der Waals surface area (Å²) in [6.07, 6.45) is -8.20. The van der Waals surface area contributed by atoms with Crippen LogP contribution in [0.2, 0.25) is 0 Å². The lowest BCUT2D eigenvalue weighted by Crippen LogP contribution is -2.11. The summed E-state index contributed by atoms with van der Waals surface area (Å²) in [5, 5.41) is 30.9. The molecule has 0 aliphatic heterocycles. The van der Waals surface area contributed by atoms with Gasteiger partial charge in [0, 0.05) is 36.4 Å². The number of alkyl halides is 6. The minimum Gasteiger partial charge on any atom is -0.456 e. The molecule has 0 aromatic heterocycles. The number of esters is 3. The lowest BCUT2D eigenvalue weighted by Gasteiger charge is -2.03. The predicted octanol–water partition coefficient (Wildman–Crippen LogP) is 6.05. The summed E-state index contributed by atoms with van der Waals surface area (Å²) in [5.41, 5.74) is -0.593. The second-order valence-corrected chi connectivity index (χ2v) is 8.38. The molecule has 15 nitrogen and oxygen atoms in total. The SMILES string of the molecule is O=C(OCC(F)F)c1ccc([N+](=O)[O-])cc1.O=C(OCC(F)F)c1ccc([N+](=O)[O-])cc1.O=C(OCC(F)F)c1ccc([N+](=O)[O-])cc1. The van der Waals surface area contributed by atoms with Crippen LogP contribution in [0, 0.1) is 30.3 Å². The molecular formula is C27H21F6N3O12. The molecule has 3 aromatic rings. The molecule has 0 radical (unpaired) electrons. The van der Waals surface area contributed by atoms with E-state index in [1.54, 1.807) is 0 Å². The molecule has 0 spiro atoms. The van der Waals surface area contributed by atoms with E-state index in [-0.39, 0.29) is 33.8 Å². The third-order valence-corrected chi connectivity index (χ3v) is 4.96. The van der Waals surface area contributed by atoms with Crippen molar-refractivity contribution < 1.29 is 69.7 Å². The quantitative estimate of drug-likeness (QED) is 0.0698. The second-order valence-electron chi connectivity index (χ2n) is 8.38. The van der Waals surface area contributed by atoms with Crippen LogP contribution < -0.4 is 0 Å². The molecule has 48 heavy (non-hydrogen) atoms. The zero-order valence-electron chi connectivity index (χ0n) is 23.8. The highest BCUT2D eigenvalue weighted by atomic mass is 19.3. The van der Waals surface area contributed by atoms with E-state index in [1.165, 1.54) is 0 Å². The van der Waals surface area contributed by atoms with Gasteiger partial charge < -0.3 is 14.2 Å². The molecule has 0 saturated carbocycles. The van der Waals surface area contributed by atoms with Gasteiger partial charge in [-0.25, -0.2) is 40.7 Å². The van der Waals surface area contributed by atoms with E-state index in [1.807, 2.05) is 0 Å². The fraction of sp³-hybridized carbons (Fsp3) is 0.222. The molecule has 0 aliphatic rings. The summed E-state index contributed by atoms with van der Waals surface area (Å²) in [6, 6.07) is 13.4. The Balaban J connectivity index is 0.000000360. The van der Waals surface area contributed by atoms with Crippen LogP contribution in [-0.4, -0.2) is 71.8 Å². The van der Waals surface area contributed by atoms with Gasteiger partial charge in [-0.1, -0.05) is 0 Å². The van der Waals surface area contributed by atoms with E-state index in [0.717, 1.165) is 72.8 Å². The average Bonchev–Trinajstić information content (AvgIpc) is 3.05. The van der Waals surface area contributed by atoms with Gasteiger partial charge in [0.05, 0.1) is 31.5 Å². The number of carbonyl (C=O) groups is 3. The molecule has 0 aliphatic carbocycles. The van der Waals surface area contributed by atoms with Gasteiger partial charge >= 0.3 is 17.9 Å². The highest BCUT2D eigenvalue weighted by molar-refractivity contribution is 5.90. The number of carbonyl (C=O) groups excluding carboxylic acids is 3. The fourth-order valence-electron chi connectivity index (χ4n) is 2.82. The smallest absolute Gasteiger partial charge is 0.338 e. The van der Waals surface area contributed by atoms with Crippen molar-refractivity contribution in [2.45, 2.75) is 19.3 Å². The summed E-state index contributed by atoms with van der Waals surface area (Å²) in [5.74, 6) is -2.81.